The van der Waals surface area contributed by atoms with Crippen LogP contribution in [0.5, 0.6) is 0 Å². The lowest BCUT2D eigenvalue weighted by Crippen LogP contribution is -2.59. The van der Waals surface area contributed by atoms with E-state index in [1.165, 1.54) is 0 Å². The molecule has 1 aliphatic rings. The second kappa shape index (κ2) is 3.77. The van der Waals surface area contributed by atoms with Gasteiger partial charge in [0.1, 0.15) is 18.3 Å². The van der Waals surface area contributed by atoms with Crippen LogP contribution >= 0.6 is 0 Å². The number of hydrogen-bond donors (Lipinski definition) is 3. The first-order chi connectivity index (χ1) is 6.25. The van der Waals surface area contributed by atoms with Gasteiger partial charge in [0.25, 0.3) is 0 Å². The Labute approximate surface area is 84.5 Å². The Hall–Kier alpha value is -0.160. The maximum Gasteiger partial charge on any atom is 0.111 e. The molecule has 0 aromatic heterocycles. The molecule has 4 heteroatoms. The lowest BCUT2D eigenvalue weighted by atomic mass is 9.80. The van der Waals surface area contributed by atoms with Gasteiger partial charge in [0.15, 0.2) is 0 Å². The van der Waals surface area contributed by atoms with Gasteiger partial charge in [0.2, 0.25) is 0 Å². The summed E-state index contributed by atoms with van der Waals surface area (Å²) in [6.45, 7) is 7.48. The molecule has 0 aromatic carbocycles. The van der Waals surface area contributed by atoms with Gasteiger partial charge < -0.3 is 20.1 Å². The molecule has 0 amide bonds. The van der Waals surface area contributed by atoms with Crippen LogP contribution in [0.2, 0.25) is 0 Å². The highest BCUT2D eigenvalue weighted by Gasteiger charge is 2.46. The van der Waals surface area contributed by atoms with Gasteiger partial charge in [-0.15, -0.1) is 0 Å². The van der Waals surface area contributed by atoms with Crippen LogP contribution in [0.1, 0.15) is 27.7 Å². The predicted octanol–water partition coefficient (Wildman–Crippen LogP) is -0.0975. The van der Waals surface area contributed by atoms with Crippen molar-refractivity contribution in [3.05, 3.63) is 0 Å². The van der Waals surface area contributed by atoms with Crippen molar-refractivity contribution < 1.29 is 20.1 Å². The van der Waals surface area contributed by atoms with Crippen LogP contribution in [-0.2, 0) is 4.74 Å². The van der Waals surface area contributed by atoms with Gasteiger partial charge in [0.05, 0.1) is 12.2 Å². The van der Waals surface area contributed by atoms with Crippen LogP contribution in [0, 0.1) is 5.41 Å². The minimum Gasteiger partial charge on any atom is -0.388 e. The van der Waals surface area contributed by atoms with Crippen LogP contribution in [0.25, 0.3) is 0 Å². The summed E-state index contributed by atoms with van der Waals surface area (Å²) < 4.78 is 5.49. The standard InChI is InChI=1S/C10H20O4/c1-5-6(11)7(12)8(13)9(14-5)10(2,3)4/h5-9,11-13H,1-4H3/t5-,6-,7+,8+,9+/m0/s1. The molecule has 0 saturated carbocycles. The Morgan fingerprint density at radius 2 is 1.43 bits per heavy atom. The SMILES string of the molecule is C[C@@H]1O[C@@H](C(C)(C)C)[C@H](O)[C@H](O)[C@H]1O. The summed E-state index contributed by atoms with van der Waals surface area (Å²) in [5.74, 6) is 0. The van der Waals surface area contributed by atoms with Crippen molar-refractivity contribution in [2.45, 2.75) is 58.2 Å². The van der Waals surface area contributed by atoms with Crippen LogP contribution in [0.4, 0.5) is 0 Å². The molecule has 0 radical (unpaired) electrons. The van der Waals surface area contributed by atoms with Crippen molar-refractivity contribution in [2.24, 2.45) is 5.41 Å². The van der Waals surface area contributed by atoms with E-state index in [0.29, 0.717) is 0 Å². The highest BCUT2D eigenvalue weighted by atomic mass is 16.5. The van der Waals surface area contributed by atoms with E-state index < -0.39 is 30.5 Å². The van der Waals surface area contributed by atoms with E-state index in [9.17, 15) is 15.3 Å². The normalized spacial score (nSPS) is 45.2. The summed E-state index contributed by atoms with van der Waals surface area (Å²) in [4.78, 5) is 0. The fourth-order valence-corrected chi connectivity index (χ4v) is 1.77. The lowest BCUT2D eigenvalue weighted by Gasteiger charge is -2.44. The molecule has 0 spiro atoms. The van der Waals surface area contributed by atoms with Crippen molar-refractivity contribution in [3.63, 3.8) is 0 Å². The van der Waals surface area contributed by atoms with Crippen molar-refractivity contribution in [1.29, 1.82) is 0 Å². The molecule has 0 bridgehead atoms. The van der Waals surface area contributed by atoms with E-state index in [4.69, 9.17) is 4.74 Å². The zero-order chi connectivity index (χ0) is 11.1. The van der Waals surface area contributed by atoms with E-state index in [1.54, 1.807) is 6.92 Å². The van der Waals surface area contributed by atoms with Crippen LogP contribution < -0.4 is 0 Å². The fourth-order valence-electron chi connectivity index (χ4n) is 1.77. The quantitative estimate of drug-likeness (QED) is 0.515. The van der Waals surface area contributed by atoms with Gasteiger partial charge in [-0.3, -0.25) is 0 Å². The average molecular weight is 204 g/mol. The molecule has 0 aliphatic carbocycles. The van der Waals surface area contributed by atoms with E-state index >= 15 is 0 Å². The molecule has 0 unspecified atom stereocenters. The van der Waals surface area contributed by atoms with Crippen molar-refractivity contribution in [2.75, 3.05) is 0 Å². The number of rotatable bonds is 0. The second-order valence-corrected chi connectivity index (χ2v) is 5.10. The lowest BCUT2D eigenvalue weighted by molar-refractivity contribution is -0.239. The monoisotopic (exact) mass is 204 g/mol. The number of ether oxygens (including phenoxy) is 1. The molecule has 1 rings (SSSR count). The van der Waals surface area contributed by atoms with Crippen molar-refractivity contribution in [3.8, 4) is 0 Å². The summed E-state index contributed by atoms with van der Waals surface area (Å²) in [6.07, 6.45) is -4.05. The third kappa shape index (κ3) is 2.08. The summed E-state index contributed by atoms with van der Waals surface area (Å²) in [5.41, 5.74) is -0.255. The summed E-state index contributed by atoms with van der Waals surface area (Å²) in [5, 5.41) is 28.8. The number of aliphatic hydroxyl groups is 3. The Bertz CT molecular complexity index is 199. The summed E-state index contributed by atoms with van der Waals surface area (Å²) in [6, 6.07) is 0. The molecule has 4 nitrogen and oxygen atoms in total. The highest BCUT2D eigenvalue weighted by molar-refractivity contribution is 4.95. The third-order valence-corrected chi connectivity index (χ3v) is 2.71. The molecular formula is C10H20O4. The fraction of sp³-hybridized carbons (Fsp3) is 1.00. The topological polar surface area (TPSA) is 69.9 Å². The minimum atomic E-state index is -1.12. The Kier molecular flexibility index (Phi) is 3.21. The smallest absolute Gasteiger partial charge is 0.111 e. The molecule has 84 valence electrons. The molecule has 1 fully saturated rings. The zero-order valence-corrected chi connectivity index (χ0v) is 9.14. The van der Waals surface area contributed by atoms with Crippen LogP contribution in [0.3, 0.4) is 0 Å². The van der Waals surface area contributed by atoms with Gasteiger partial charge in [-0.2, -0.15) is 0 Å². The number of aliphatic hydroxyl groups excluding tert-OH is 3. The first kappa shape index (κ1) is 11.9. The van der Waals surface area contributed by atoms with Gasteiger partial charge in [-0.05, 0) is 12.3 Å². The Morgan fingerprint density at radius 1 is 0.929 bits per heavy atom. The Balaban J connectivity index is 2.81. The molecule has 14 heavy (non-hydrogen) atoms. The molecule has 3 N–H and O–H groups in total. The molecule has 1 saturated heterocycles. The molecule has 1 heterocycles. The predicted molar refractivity (Wildman–Crippen MR) is 51.8 cm³/mol. The average Bonchev–Trinajstić information content (AvgIpc) is 2.06. The van der Waals surface area contributed by atoms with E-state index in [2.05, 4.69) is 0 Å². The van der Waals surface area contributed by atoms with Crippen LogP contribution in [-0.4, -0.2) is 45.8 Å². The first-order valence-corrected chi connectivity index (χ1v) is 4.95. The Morgan fingerprint density at radius 3 is 1.86 bits per heavy atom. The molecule has 5 atom stereocenters. The van der Waals surface area contributed by atoms with Gasteiger partial charge >= 0.3 is 0 Å². The van der Waals surface area contributed by atoms with Gasteiger partial charge in [-0.25, -0.2) is 0 Å². The van der Waals surface area contributed by atoms with Gasteiger partial charge in [0, 0.05) is 0 Å². The summed E-state index contributed by atoms with van der Waals surface area (Å²) >= 11 is 0. The highest BCUT2D eigenvalue weighted by Crippen LogP contribution is 2.32. The first-order valence-electron chi connectivity index (χ1n) is 4.95. The molecule has 0 aromatic rings. The molecule has 1 aliphatic heterocycles. The van der Waals surface area contributed by atoms with Crippen molar-refractivity contribution in [1.82, 2.24) is 0 Å². The zero-order valence-electron chi connectivity index (χ0n) is 9.14. The van der Waals surface area contributed by atoms with E-state index in [1.807, 2.05) is 20.8 Å². The van der Waals surface area contributed by atoms with E-state index in [0.717, 1.165) is 0 Å². The molecular weight excluding hydrogens is 184 g/mol. The third-order valence-electron chi connectivity index (χ3n) is 2.71. The van der Waals surface area contributed by atoms with Gasteiger partial charge in [-0.1, -0.05) is 20.8 Å². The largest absolute Gasteiger partial charge is 0.388 e. The minimum absolute atomic E-state index is 0.255. The van der Waals surface area contributed by atoms with Crippen molar-refractivity contribution >= 4 is 0 Å². The van der Waals surface area contributed by atoms with Crippen LogP contribution in [0.15, 0.2) is 0 Å². The maximum atomic E-state index is 9.73. The number of hydrogen-bond acceptors (Lipinski definition) is 4. The second-order valence-electron chi connectivity index (χ2n) is 5.10. The summed E-state index contributed by atoms with van der Waals surface area (Å²) in [7, 11) is 0. The maximum absolute atomic E-state index is 9.73. The van der Waals surface area contributed by atoms with E-state index in [-0.39, 0.29) is 5.41 Å².